The van der Waals surface area contributed by atoms with Gasteiger partial charge in [-0.2, -0.15) is 0 Å². The number of ketones is 1. The summed E-state index contributed by atoms with van der Waals surface area (Å²) in [7, 11) is 3.12. The van der Waals surface area contributed by atoms with Gasteiger partial charge in [-0.1, -0.05) is 48.5 Å². The third kappa shape index (κ3) is 7.33. The molecule has 0 aliphatic carbocycles. The van der Waals surface area contributed by atoms with E-state index in [1.54, 1.807) is 93.1 Å². The summed E-state index contributed by atoms with van der Waals surface area (Å²) in [5, 5.41) is 5.50. The number of anilines is 1. The third-order valence-corrected chi connectivity index (χ3v) is 5.92. The van der Waals surface area contributed by atoms with E-state index in [-0.39, 0.29) is 11.5 Å². The average Bonchev–Trinajstić information content (AvgIpc) is 3.00. The highest BCUT2D eigenvalue weighted by molar-refractivity contribution is 6.11. The van der Waals surface area contributed by atoms with Crippen LogP contribution in [-0.2, 0) is 4.79 Å². The Morgan fingerprint density at radius 2 is 1.40 bits per heavy atom. The summed E-state index contributed by atoms with van der Waals surface area (Å²) in [6.07, 6.45) is 4.71. The number of ether oxygens (including phenoxy) is 2. The normalized spacial score (nSPS) is 11.1. The summed E-state index contributed by atoms with van der Waals surface area (Å²) in [5.74, 6) is 0.133. The van der Waals surface area contributed by atoms with Crippen LogP contribution in [0.5, 0.6) is 11.5 Å². The smallest absolute Gasteiger partial charge is 0.272 e. The molecule has 7 heteroatoms. The lowest BCUT2D eigenvalue weighted by molar-refractivity contribution is -0.113. The van der Waals surface area contributed by atoms with E-state index in [0.717, 1.165) is 5.56 Å². The summed E-state index contributed by atoms with van der Waals surface area (Å²) in [5.41, 5.74) is 2.87. The number of rotatable bonds is 10. The summed E-state index contributed by atoms with van der Waals surface area (Å²) in [4.78, 5) is 38.7. The Bertz CT molecular complexity index is 1540. The van der Waals surface area contributed by atoms with Gasteiger partial charge in [0.2, 0.25) is 0 Å². The topological polar surface area (TPSA) is 93.7 Å². The molecule has 0 aromatic heterocycles. The van der Waals surface area contributed by atoms with Crippen molar-refractivity contribution in [2.75, 3.05) is 19.5 Å². The van der Waals surface area contributed by atoms with Gasteiger partial charge in [0.1, 0.15) is 17.2 Å². The minimum atomic E-state index is -0.503. The number of carbonyl (C=O) groups is 3. The number of methoxy groups -OCH3 is 2. The van der Waals surface area contributed by atoms with Gasteiger partial charge in [-0.15, -0.1) is 0 Å². The molecule has 0 bridgehead atoms. The summed E-state index contributed by atoms with van der Waals surface area (Å²) in [6, 6.07) is 29.7. The number of hydrogen-bond acceptors (Lipinski definition) is 5. The van der Waals surface area contributed by atoms with E-state index in [0.29, 0.717) is 33.9 Å². The molecule has 0 fully saturated rings. The van der Waals surface area contributed by atoms with Crippen molar-refractivity contribution in [3.8, 4) is 11.5 Å². The molecule has 0 saturated heterocycles. The van der Waals surface area contributed by atoms with Gasteiger partial charge in [-0.05, 0) is 78.4 Å². The Labute approximate surface area is 232 Å². The molecular weight excluding hydrogens is 504 g/mol. The van der Waals surface area contributed by atoms with Crippen LogP contribution in [0.4, 0.5) is 5.69 Å². The summed E-state index contributed by atoms with van der Waals surface area (Å²) in [6.45, 7) is 0. The van der Waals surface area contributed by atoms with E-state index in [1.807, 2.05) is 36.4 Å². The predicted molar refractivity (Wildman–Crippen MR) is 156 cm³/mol. The molecule has 0 heterocycles. The molecule has 4 aromatic carbocycles. The van der Waals surface area contributed by atoms with Crippen LogP contribution in [0.3, 0.4) is 0 Å². The van der Waals surface area contributed by atoms with E-state index in [4.69, 9.17) is 9.47 Å². The Kier molecular flexibility index (Phi) is 9.24. The maximum atomic E-state index is 13.2. The number of hydrogen-bond donors (Lipinski definition) is 2. The van der Waals surface area contributed by atoms with Gasteiger partial charge < -0.3 is 20.1 Å². The van der Waals surface area contributed by atoms with Gasteiger partial charge >= 0.3 is 0 Å². The van der Waals surface area contributed by atoms with Crippen molar-refractivity contribution in [3.63, 3.8) is 0 Å². The summed E-state index contributed by atoms with van der Waals surface area (Å²) < 4.78 is 10.6. The van der Waals surface area contributed by atoms with Gasteiger partial charge in [-0.25, -0.2) is 0 Å². The molecule has 4 rings (SSSR count). The lowest BCUT2D eigenvalue weighted by Gasteiger charge is -2.12. The molecule has 2 amide bonds. The Balaban J connectivity index is 1.48. The first-order valence-electron chi connectivity index (χ1n) is 12.5. The molecule has 0 radical (unpaired) electrons. The number of benzene rings is 4. The molecule has 0 unspecified atom stereocenters. The van der Waals surface area contributed by atoms with Crippen molar-refractivity contribution in [2.45, 2.75) is 0 Å². The molecular formula is C33H28N2O5. The molecule has 40 heavy (non-hydrogen) atoms. The standard InChI is InChI=1S/C33H28N2O5/c1-39-28-18-20-31(40-2)26(22-28)15-19-30(36)24-13-16-27(17-14-24)34-33(38)29(21-23-9-5-3-6-10-23)35-32(37)25-11-7-4-8-12-25/h3-22H,1-2H3,(H,34,38)(H,35,37)/b19-15+,29-21-. The molecule has 200 valence electrons. The first-order valence-corrected chi connectivity index (χ1v) is 12.5. The first-order chi connectivity index (χ1) is 19.5. The summed E-state index contributed by atoms with van der Waals surface area (Å²) >= 11 is 0. The van der Waals surface area contributed by atoms with Gasteiger partial charge in [0.05, 0.1) is 14.2 Å². The van der Waals surface area contributed by atoms with Crippen LogP contribution < -0.4 is 20.1 Å². The quantitative estimate of drug-likeness (QED) is 0.193. The lowest BCUT2D eigenvalue weighted by Crippen LogP contribution is -2.30. The van der Waals surface area contributed by atoms with Gasteiger partial charge in [0.15, 0.2) is 5.78 Å². The highest BCUT2D eigenvalue weighted by atomic mass is 16.5. The van der Waals surface area contributed by atoms with E-state index in [2.05, 4.69) is 10.6 Å². The Hall–Kier alpha value is -5.43. The lowest BCUT2D eigenvalue weighted by atomic mass is 10.1. The van der Waals surface area contributed by atoms with Crippen LogP contribution in [0.1, 0.15) is 31.8 Å². The zero-order valence-electron chi connectivity index (χ0n) is 22.1. The van der Waals surface area contributed by atoms with Crippen molar-refractivity contribution in [1.29, 1.82) is 0 Å². The fraction of sp³-hybridized carbons (Fsp3) is 0.0606. The maximum absolute atomic E-state index is 13.2. The van der Waals surface area contributed by atoms with Crippen LogP contribution in [0.25, 0.3) is 12.2 Å². The van der Waals surface area contributed by atoms with Gasteiger partial charge in [0, 0.05) is 22.4 Å². The highest BCUT2D eigenvalue weighted by Gasteiger charge is 2.15. The minimum absolute atomic E-state index is 0.0791. The number of carbonyl (C=O) groups excluding carboxylic acids is 3. The average molecular weight is 533 g/mol. The van der Waals surface area contributed by atoms with E-state index in [1.165, 1.54) is 6.08 Å². The third-order valence-electron chi connectivity index (χ3n) is 5.92. The van der Waals surface area contributed by atoms with E-state index >= 15 is 0 Å². The van der Waals surface area contributed by atoms with Gasteiger partial charge in [-0.3, -0.25) is 14.4 Å². The number of amides is 2. The zero-order valence-corrected chi connectivity index (χ0v) is 22.1. The van der Waals surface area contributed by atoms with Crippen LogP contribution in [0.2, 0.25) is 0 Å². The predicted octanol–water partition coefficient (Wildman–Crippen LogP) is 6.01. The first kappa shape index (κ1) is 27.6. The monoisotopic (exact) mass is 532 g/mol. The van der Waals surface area contributed by atoms with E-state index < -0.39 is 11.8 Å². The molecule has 0 saturated carbocycles. The second-order valence-electron chi connectivity index (χ2n) is 8.63. The molecule has 0 atom stereocenters. The van der Waals surface area contributed by atoms with Crippen LogP contribution >= 0.6 is 0 Å². The second-order valence-corrected chi connectivity index (χ2v) is 8.63. The Morgan fingerprint density at radius 3 is 2.05 bits per heavy atom. The number of allylic oxidation sites excluding steroid dienone is 1. The zero-order chi connectivity index (χ0) is 28.3. The molecule has 7 nitrogen and oxygen atoms in total. The second kappa shape index (κ2) is 13.4. The minimum Gasteiger partial charge on any atom is -0.497 e. The largest absolute Gasteiger partial charge is 0.497 e. The molecule has 0 aliphatic rings. The molecule has 0 spiro atoms. The maximum Gasteiger partial charge on any atom is 0.272 e. The van der Waals surface area contributed by atoms with Crippen LogP contribution in [0.15, 0.2) is 115 Å². The van der Waals surface area contributed by atoms with Crippen molar-refractivity contribution < 1.29 is 23.9 Å². The van der Waals surface area contributed by atoms with Crippen molar-refractivity contribution in [3.05, 3.63) is 137 Å². The van der Waals surface area contributed by atoms with Crippen LogP contribution in [-0.4, -0.2) is 31.8 Å². The van der Waals surface area contributed by atoms with Crippen molar-refractivity contribution >= 4 is 35.4 Å². The van der Waals surface area contributed by atoms with E-state index in [9.17, 15) is 14.4 Å². The Morgan fingerprint density at radius 1 is 0.725 bits per heavy atom. The fourth-order valence-corrected chi connectivity index (χ4v) is 3.81. The number of nitrogens with one attached hydrogen (secondary N) is 2. The highest BCUT2D eigenvalue weighted by Crippen LogP contribution is 2.25. The van der Waals surface area contributed by atoms with Gasteiger partial charge in [0.25, 0.3) is 11.8 Å². The SMILES string of the molecule is COc1ccc(OC)c(/C=C/C(=O)c2ccc(NC(=O)/C(=C/c3ccccc3)NC(=O)c3ccccc3)cc2)c1. The molecule has 4 aromatic rings. The van der Waals surface area contributed by atoms with Crippen molar-refractivity contribution in [1.82, 2.24) is 5.32 Å². The molecule has 2 N–H and O–H groups in total. The van der Waals surface area contributed by atoms with Crippen molar-refractivity contribution in [2.24, 2.45) is 0 Å². The molecule has 0 aliphatic heterocycles. The van der Waals surface area contributed by atoms with Crippen LogP contribution in [0, 0.1) is 0 Å². The fourth-order valence-electron chi connectivity index (χ4n) is 3.81.